The summed E-state index contributed by atoms with van der Waals surface area (Å²) >= 11 is 0. The SMILES string of the molecule is OCCCc1cc(F)ccc1N1CCOCC1. The number of nitrogens with zero attached hydrogens (tertiary/aromatic N) is 1. The van der Waals surface area contributed by atoms with Crippen molar-refractivity contribution in [1.82, 2.24) is 0 Å². The van der Waals surface area contributed by atoms with E-state index in [-0.39, 0.29) is 12.4 Å². The Morgan fingerprint density at radius 1 is 1.29 bits per heavy atom. The predicted molar refractivity (Wildman–Crippen MR) is 64.8 cm³/mol. The maximum absolute atomic E-state index is 13.2. The number of hydrogen-bond acceptors (Lipinski definition) is 3. The second-order valence-corrected chi connectivity index (χ2v) is 4.20. The predicted octanol–water partition coefficient (Wildman–Crippen LogP) is 1.59. The van der Waals surface area contributed by atoms with Gasteiger partial charge in [-0.2, -0.15) is 0 Å². The quantitative estimate of drug-likeness (QED) is 0.866. The third kappa shape index (κ3) is 3.17. The molecule has 1 saturated heterocycles. The Morgan fingerprint density at radius 2 is 2.06 bits per heavy atom. The van der Waals surface area contributed by atoms with Crippen molar-refractivity contribution in [3.8, 4) is 0 Å². The molecular formula is C13H18FNO2. The summed E-state index contributed by atoms with van der Waals surface area (Å²) in [5.41, 5.74) is 2.05. The Hall–Kier alpha value is -1.13. The van der Waals surface area contributed by atoms with E-state index in [9.17, 15) is 4.39 Å². The third-order valence-electron chi connectivity index (χ3n) is 3.00. The Labute approximate surface area is 101 Å². The number of morpholine rings is 1. The molecule has 1 heterocycles. The van der Waals surface area contributed by atoms with Gasteiger partial charge in [0.05, 0.1) is 13.2 Å². The lowest BCUT2D eigenvalue weighted by Gasteiger charge is -2.30. The van der Waals surface area contributed by atoms with Gasteiger partial charge in [0.1, 0.15) is 5.82 Å². The molecule has 1 aromatic rings. The fourth-order valence-electron chi connectivity index (χ4n) is 2.14. The van der Waals surface area contributed by atoms with Crippen LogP contribution in [0.2, 0.25) is 0 Å². The highest BCUT2D eigenvalue weighted by Crippen LogP contribution is 2.24. The van der Waals surface area contributed by atoms with Crippen LogP contribution >= 0.6 is 0 Å². The van der Waals surface area contributed by atoms with Crippen molar-refractivity contribution in [1.29, 1.82) is 0 Å². The van der Waals surface area contributed by atoms with Crippen molar-refractivity contribution in [2.75, 3.05) is 37.8 Å². The zero-order valence-electron chi connectivity index (χ0n) is 9.86. The van der Waals surface area contributed by atoms with Crippen LogP contribution in [0.15, 0.2) is 18.2 Å². The van der Waals surface area contributed by atoms with Gasteiger partial charge in [-0.05, 0) is 36.6 Å². The van der Waals surface area contributed by atoms with Gasteiger partial charge in [-0.1, -0.05) is 0 Å². The minimum atomic E-state index is -0.213. The molecule has 0 spiro atoms. The van der Waals surface area contributed by atoms with Crippen LogP contribution in [-0.2, 0) is 11.2 Å². The monoisotopic (exact) mass is 239 g/mol. The highest BCUT2D eigenvalue weighted by atomic mass is 19.1. The van der Waals surface area contributed by atoms with E-state index in [4.69, 9.17) is 9.84 Å². The van der Waals surface area contributed by atoms with E-state index in [2.05, 4.69) is 4.90 Å². The van der Waals surface area contributed by atoms with E-state index < -0.39 is 0 Å². The van der Waals surface area contributed by atoms with Crippen LogP contribution in [0.4, 0.5) is 10.1 Å². The van der Waals surface area contributed by atoms with Gasteiger partial charge in [0, 0.05) is 25.4 Å². The Bertz CT molecular complexity index is 364. The molecule has 1 N–H and O–H groups in total. The van der Waals surface area contributed by atoms with Gasteiger partial charge in [-0.3, -0.25) is 0 Å². The smallest absolute Gasteiger partial charge is 0.123 e. The average molecular weight is 239 g/mol. The first-order valence-corrected chi connectivity index (χ1v) is 6.03. The number of anilines is 1. The molecular weight excluding hydrogens is 221 g/mol. The maximum Gasteiger partial charge on any atom is 0.123 e. The van der Waals surface area contributed by atoms with E-state index in [0.717, 1.165) is 37.6 Å². The van der Waals surface area contributed by atoms with Gasteiger partial charge in [0.2, 0.25) is 0 Å². The second-order valence-electron chi connectivity index (χ2n) is 4.20. The van der Waals surface area contributed by atoms with Crippen molar-refractivity contribution in [3.05, 3.63) is 29.6 Å². The number of hydrogen-bond donors (Lipinski definition) is 1. The van der Waals surface area contributed by atoms with Crippen LogP contribution in [0, 0.1) is 5.82 Å². The summed E-state index contributed by atoms with van der Waals surface area (Å²) in [4.78, 5) is 2.22. The topological polar surface area (TPSA) is 32.7 Å². The Morgan fingerprint density at radius 3 is 2.76 bits per heavy atom. The molecule has 0 aromatic heterocycles. The largest absolute Gasteiger partial charge is 0.396 e. The van der Waals surface area contributed by atoms with Crippen LogP contribution < -0.4 is 4.90 Å². The standard InChI is InChI=1S/C13H18FNO2/c14-12-3-4-13(11(10-12)2-1-7-16)15-5-8-17-9-6-15/h3-4,10,16H,1-2,5-9H2. The molecule has 1 aliphatic heterocycles. The van der Waals surface area contributed by atoms with E-state index in [0.29, 0.717) is 12.8 Å². The molecule has 0 aliphatic carbocycles. The molecule has 1 aromatic carbocycles. The highest BCUT2D eigenvalue weighted by molar-refractivity contribution is 5.54. The first kappa shape index (κ1) is 12.3. The van der Waals surface area contributed by atoms with Crippen molar-refractivity contribution in [2.24, 2.45) is 0 Å². The molecule has 1 aliphatic rings. The second kappa shape index (κ2) is 5.98. The van der Waals surface area contributed by atoms with Gasteiger partial charge < -0.3 is 14.7 Å². The van der Waals surface area contributed by atoms with E-state index in [1.807, 2.05) is 6.07 Å². The van der Waals surface area contributed by atoms with E-state index >= 15 is 0 Å². The minimum absolute atomic E-state index is 0.138. The molecule has 94 valence electrons. The Kier molecular flexibility index (Phi) is 4.34. The molecule has 17 heavy (non-hydrogen) atoms. The lowest BCUT2D eigenvalue weighted by molar-refractivity contribution is 0.122. The summed E-state index contributed by atoms with van der Waals surface area (Å²) in [5, 5.41) is 8.87. The number of benzene rings is 1. The van der Waals surface area contributed by atoms with Gasteiger partial charge in [-0.15, -0.1) is 0 Å². The zero-order valence-corrected chi connectivity index (χ0v) is 9.86. The molecule has 2 rings (SSSR count). The third-order valence-corrected chi connectivity index (χ3v) is 3.00. The minimum Gasteiger partial charge on any atom is -0.396 e. The molecule has 0 bridgehead atoms. The average Bonchev–Trinajstić information content (AvgIpc) is 2.37. The summed E-state index contributed by atoms with van der Waals surface area (Å²) in [7, 11) is 0. The number of halogens is 1. The normalized spacial score (nSPS) is 16.2. The molecule has 0 saturated carbocycles. The number of aryl methyl sites for hydroxylation is 1. The van der Waals surface area contributed by atoms with Crippen LogP contribution in [0.25, 0.3) is 0 Å². The zero-order chi connectivity index (χ0) is 12.1. The van der Waals surface area contributed by atoms with Crippen LogP contribution in [0.1, 0.15) is 12.0 Å². The summed E-state index contributed by atoms with van der Waals surface area (Å²) in [6.07, 6.45) is 1.38. The molecule has 0 unspecified atom stereocenters. The fourth-order valence-corrected chi connectivity index (χ4v) is 2.14. The summed E-state index contributed by atoms with van der Waals surface area (Å²) in [6.45, 7) is 3.27. The molecule has 3 nitrogen and oxygen atoms in total. The summed E-state index contributed by atoms with van der Waals surface area (Å²) < 4.78 is 18.5. The molecule has 0 atom stereocenters. The van der Waals surface area contributed by atoms with E-state index in [1.54, 1.807) is 6.07 Å². The van der Waals surface area contributed by atoms with Crippen LogP contribution in [0.3, 0.4) is 0 Å². The summed E-state index contributed by atoms with van der Waals surface area (Å²) in [6, 6.07) is 4.89. The maximum atomic E-state index is 13.2. The summed E-state index contributed by atoms with van der Waals surface area (Å²) in [5.74, 6) is -0.213. The van der Waals surface area contributed by atoms with Crippen LogP contribution in [-0.4, -0.2) is 38.0 Å². The Balaban J connectivity index is 2.18. The van der Waals surface area contributed by atoms with Crippen LogP contribution in [0.5, 0.6) is 0 Å². The number of aliphatic hydroxyl groups is 1. The van der Waals surface area contributed by atoms with E-state index in [1.165, 1.54) is 6.07 Å². The van der Waals surface area contributed by atoms with Gasteiger partial charge in [-0.25, -0.2) is 4.39 Å². The number of aliphatic hydroxyl groups excluding tert-OH is 1. The van der Waals surface area contributed by atoms with Gasteiger partial charge in [0.25, 0.3) is 0 Å². The number of ether oxygens (including phenoxy) is 1. The highest BCUT2D eigenvalue weighted by Gasteiger charge is 2.14. The molecule has 1 fully saturated rings. The lowest BCUT2D eigenvalue weighted by atomic mass is 10.1. The van der Waals surface area contributed by atoms with Crippen molar-refractivity contribution in [3.63, 3.8) is 0 Å². The van der Waals surface area contributed by atoms with Crippen molar-refractivity contribution in [2.45, 2.75) is 12.8 Å². The lowest BCUT2D eigenvalue weighted by Crippen LogP contribution is -2.36. The van der Waals surface area contributed by atoms with Crippen molar-refractivity contribution >= 4 is 5.69 Å². The fraction of sp³-hybridized carbons (Fsp3) is 0.538. The van der Waals surface area contributed by atoms with Crippen molar-refractivity contribution < 1.29 is 14.2 Å². The molecule has 4 heteroatoms. The first-order valence-electron chi connectivity index (χ1n) is 6.03. The molecule has 0 amide bonds. The van der Waals surface area contributed by atoms with Gasteiger partial charge in [0.15, 0.2) is 0 Å². The van der Waals surface area contributed by atoms with Gasteiger partial charge >= 0.3 is 0 Å². The number of rotatable bonds is 4. The molecule has 0 radical (unpaired) electrons. The first-order chi connectivity index (χ1) is 8.31.